The number of likely N-dealkylation sites (tertiary alicyclic amines) is 1. The van der Waals surface area contributed by atoms with E-state index in [1.165, 1.54) is 17.7 Å². The second-order valence-corrected chi connectivity index (χ2v) is 8.38. The molecule has 2 aliphatic rings. The molecule has 164 valence electrons. The van der Waals surface area contributed by atoms with Gasteiger partial charge in [-0.2, -0.15) is 5.26 Å². The van der Waals surface area contributed by atoms with Gasteiger partial charge in [-0.05, 0) is 61.6 Å². The lowest BCUT2D eigenvalue weighted by Crippen LogP contribution is -2.37. The Kier molecular flexibility index (Phi) is 6.70. The van der Waals surface area contributed by atoms with Crippen molar-refractivity contribution in [1.82, 2.24) is 4.90 Å². The molecule has 2 aromatic rings. The third kappa shape index (κ3) is 4.60. The molecule has 32 heavy (non-hydrogen) atoms. The number of carbonyl (C=O) groups is 1. The van der Waals surface area contributed by atoms with E-state index in [1.54, 1.807) is 6.07 Å². The van der Waals surface area contributed by atoms with E-state index in [0.717, 1.165) is 56.6 Å². The van der Waals surface area contributed by atoms with Gasteiger partial charge in [-0.15, -0.1) is 0 Å². The van der Waals surface area contributed by atoms with Crippen LogP contribution in [0.3, 0.4) is 0 Å². The molecule has 0 saturated carbocycles. The average Bonchev–Trinajstić information content (AvgIpc) is 2.84. The molecule has 0 spiro atoms. The normalized spacial score (nSPS) is 16.3. The Hall–Kier alpha value is -3.39. The Bertz CT molecular complexity index is 1090. The molecular formula is C27H28FN3O. The van der Waals surface area contributed by atoms with Gasteiger partial charge >= 0.3 is 0 Å². The highest BCUT2D eigenvalue weighted by atomic mass is 19.1. The van der Waals surface area contributed by atoms with E-state index in [2.05, 4.69) is 36.1 Å². The number of amides is 1. The molecule has 4 nitrogen and oxygen atoms in total. The lowest BCUT2D eigenvalue weighted by molar-refractivity contribution is -0.127. The van der Waals surface area contributed by atoms with Crippen molar-refractivity contribution in [1.29, 1.82) is 5.26 Å². The van der Waals surface area contributed by atoms with Crippen LogP contribution in [0.2, 0.25) is 0 Å². The molecule has 0 N–H and O–H groups in total. The summed E-state index contributed by atoms with van der Waals surface area (Å²) in [6, 6.07) is 14.9. The monoisotopic (exact) mass is 429 g/mol. The summed E-state index contributed by atoms with van der Waals surface area (Å²) in [5.74, 6) is -0.517. The maximum absolute atomic E-state index is 14.5. The number of halogens is 1. The number of hydrogen-bond acceptors (Lipinski definition) is 3. The fourth-order valence-corrected chi connectivity index (χ4v) is 4.38. The zero-order valence-electron chi connectivity index (χ0n) is 18.5. The van der Waals surface area contributed by atoms with Crippen LogP contribution in [0.1, 0.15) is 49.3 Å². The molecule has 2 aliphatic heterocycles. The lowest BCUT2D eigenvalue weighted by atomic mass is 9.99. The topological polar surface area (TPSA) is 47.3 Å². The van der Waals surface area contributed by atoms with Gasteiger partial charge < -0.3 is 9.80 Å². The lowest BCUT2D eigenvalue weighted by Gasteiger charge is -2.32. The second-order valence-electron chi connectivity index (χ2n) is 8.38. The minimum absolute atomic E-state index is 0.0146. The quantitative estimate of drug-likeness (QED) is 0.635. The van der Waals surface area contributed by atoms with Crippen LogP contribution < -0.4 is 4.90 Å². The van der Waals surface area contributed by atoms with E-state index >= 15 is 0 Å². The van der Waals surface area contributed by atoms with Crippen molar-refractivity contribution in [3.63, 3.8) is 0 Å². The van der Waals surface area contributed by atoms with Gasteiger partial charge in [-0.3, -0.25) is 4.79 Å². The summed E-state index contributed by atoms with van der Waals surface area (Å²) in [6.07, 6.45) is 9.17. The highest BCUT2D eigenvalue weighted by Crippen LogP contribution is 2.32. The number of benzene rings is 2. The third-order valence-electron chi connectivity index (χ3n) is 6.14. The number of aryl methyl sites for hydroxylation is 1. The average molecular weight is 430 g/mol. The van der Waals surface area contributed by atoms with Crippen LogP contribution in [0.15, 0.2) is 60.2 Å². The molecule has 0 aliphatic carbocycles. The number of nitrogens with zero attached hydrogens (tertiary/aromatic N) is 3. The fourth-order valence-electron chi connectivity index (χ4n) is 4.38. The van der Waals surface area contributed by atoms with Gasteiger partial charge in [0.15, 0.2) is 0 Å². The molecule has 5 heteroatoms. The molecule has 1 amide bonds. The Balaban J connectivity index is 1.70. The first-order valence-corrected chi connectivity index (χ1v) is 11.4. The summed E-state index contributed by atoms with van der Waals surface area (Å²) in [6.45, 7) is 4.25. The summed E-state index contributed by atoms with van der Waals surface area (Å²) in [5.41, 5.74) is 4.34. The zero-order valence-corrected chi connectivity index (χ0v) is 18.5. The van der Waals surface area contributed by atoms with E-state index in [1.807, 2.05) is 23.1 Å². The molecule has 0 atom stereocenters. The molecule has 0 radical (unpaired) electrons. The van der Waals surface area contributed by atoms with E-state index in [4.69, 9.17) is 5.26 Å². The Morgan fingerprint density at radius 1 is 1.09 bits per heavy atom. The number of piperidine rings is 1. The van der Waals surface area contributed by atoms with Gasteiger partial charge in [-0.1, -0.05) is 37.6 Å². The minimum Gasteiger partial charge on any atom is -0.339 e. The summed E-state index contributed by atoms with van der Waals surface area (Å²) < 4.78 is 14.5. The molecule has 0 bridgehead atoms. The van der Waals surface area contributed by atoms with Crippen LogP contribution in [-0.4, -0.2) is 30.4 Å². The molecular weight excluding hydrogens is 401 g/mol. The SMILES string of the molecule is CCCc1ccc(N2CC=C(C(=O)N3CCCCC3)C=C2c2ccc(C#N)c(F)c2)cc1. The summed E-state index contributed by atoms with van der Waals surface area (Å²) in [7, 11) is 0. The molecule has 2 heterocycles. The first-order valence-electron chi connectivity index (χ1n) is 11.4. The number of rotatable bonds is 5. The summed E-state index contributed by atoms with van der Waals surface area (Å²) >= 11 is 0. The third-order valence-corrected chi connectivity index (χ3v) is 6.14. The van der Waals surface area contributed by atoms with Gasteiger partial charge in [0.25, 0.3) is 5.91 Å². The van der Waals surface area contributed by atoms with Gasteiger partial charge in [0.05, 0.1) is 5.56 Å². The van der Waals surface area contributed by atoms with Crippen LogP contribution >= 0.6 is 0 Å². The fraction of sp³-hybridized carbons (Fsp3) is 0.333. The number of hydrogen-bond donors (Lipinski definition) is 0. The van der Waals surface area contributed by atoms with E-state index in [-0.39, 0.29) is 11.5 Å². The molecule has 1 saturated heterocycles. The van der Waals surface area contributed by atoms with Crippen LogP contribution in [-0.2, 0) is 11.2 Å². The van der Waals surface area contributed by atoms with Crippen molar-refractivity contribution < 1.29 is 9.18 Å². The number of carbonyl (C=O) groups excluding carboxylic acids is 1. The standard InChI is InChI=1S/C27H28FN3O/c1-2-6-20-7-11-24(12-8-20)31-16-13-22(27(32)30-14-4-3-5-15-30)18-26(31)21-9-10-23(19-29)25(28)17-21/h7-13,17-18H,2-6,14-16H2,1H3. The van der Waals surface area contributed by atoms with Crippen molar-refractivity contribution in [2.24, 2.45) is 0 Å². The first-order chi connectivity index (χ1) is 15.6. The van der Waals surface area contributed by atoms with Gasteiger partial charge in [0.1, 0.15) is 11.9 Å². The van der Waals surface area contributed by atoms with Crippen LogP contribution in [0.5, 0.6) is 0 Å². The van der Waals surface area contributed by atoms with E-state index < -0.39 is 5.82 Å². The highest BCUT2D eigenvalue weighted by molar-refractivity contribution is 6.00. The van der Waals surface area contributed by atoms with Crippen molar-refractivity contribution in [2.75, 3.05) is 24.5 Å². The number of anilines is 1. The number of nitriles is 1. The van der Waals surface area contributed by atoms with Gasteiger partial charge in [-0.25, -0.2) is 4.39 Å². The first kappa shape index (κ1) is 21.8. The van der Waals surface area contributed by atoms with Crippen LogP contribution in [0, 0.1) is 17.1 Å². The predicted molar refractivity (Wildman–Crippen MR) is 125 cm³/mol. The van der Waals surface area contributed by atoms with Crippen LogP contribution in [0.4, 0.5) is 10.1 Å². The smallest absolute Gasteiger partial charge is 0.253 e. The maximum atomic E-state index is 14.5. The zero-order chi connectivity index (χ0) is 22.5. The molecule has 1 fully saturated rings. The Labute approximate surface area is 189 Å². The molecule has 0 unspecified atom stereocenters. The van der Waals surface area contributed by atoms with E-state index in [0.29, 0.717) is 17.7 Å². The second kappa shape index (κ2) is 9.82. The van der Waals surface area contributed by atoms with E-state index in [9.17, 15) is 9.18 Å². The van der Waals surface area contributed by atoms with Crippen molar-refractivity contribution in [3.8, 4) is 6.07 Å². The molecule has 0 aromatic heterocycles. The van der Waals surface area contributed by atoms with Crippen molar-refractivity contribution in [2.45, 2.75) is 39.0 Å². The highest BCUT2D eigenvalue weighted by Gasteiger charge is 2.25. The summed E-state index contributed by atoms with van der Waals surface area (Å²) in [4.78, 5) is 17.1. The maximum Gasteiger partial charge on any atom is 0.253 e. The summed E-state index contributed by atoms with van der Waals surface area (Å²) in [5, 5.41) is 9.10. The Morgan fingerprint density at radius 3 is 2.50 bits per heavy atom. The molecule has 2 aromatic carbocycles. The van der Waals surface area contributed by atoms with Crippen LogP contribution in [0.25, 0.3) is 5.70 Å². The van der Waals surface area contributed by atoms with Gasteiger partial charge in [0, 0.05) is 42.2 Å². The van der Waals surface area contributed by atoms with Crippen molar-refractivity contribution in [3.05, 3.63) is 82.7 Å². The molecule has 4 rings (SSSR count). The largest absolute Gasteiger partial charge is 0.339 e. The van der Waals surface area contributed by atoms with Gasteiger partial charge in [0.2, 0.25) is 0 Å². The van der Waals surface area contributed by atoms with Crippen molar-refractivity contribution >= 4 is 17.3 Å². The predicted octanol–water partition coefficient (Wildman–Crippen LogP) is 5.45. The minimum atomic E-state index is -0.553. The Morgan fingerprint density at radius 2 is 1.84 bits per heavy atom.